The van der Waals surface area contributed by atoms with Crippen molar-refractivity contribution in [3.63, 3.8) is 0 Å². The fourth-order valence-electron chi connectivity index (χ4n) is 1.43. The highest BCUT2D eigenvalue weighted by Crippen LogP contribution is 2.14. The van der Waals surface area contributed by atoms with Gasteiger partial charge in [-0.1, -0.05) is 0 Å². The summed E-state index contributed by atoms with van der Waals surface area (Å²) in [5.74, 6) is -0.405. The van der Waals surface area contributed by atoms with Gasteiger partial charge in [-0.15, -0.1) is 0 Å². The van der Waals surface area contributed by atoms with Gasteiger partial charge in [-0.3, -0.25) is 10.1 Å². The molecule has 4 N–H and O–H groups in total. The van der Waals surface area contributed by atoms with Gasteiger partial charge in [0.15, 0.2) is 0 Å². The van der Waals surface area contributed by atoms with Gasteiger partial charge in [0, 0.05) is 6.04 Å². The predicted octanol–water partition coefficient (Wildman–Crippen LogP) is -0.821. The lowest BCUT2D eigenvalue weighted by atomic mass is 10.0. The smallest absolute Gasteiger partial charge is 0.318 e. The van der Waals surface area contributed by atoms with E-state index in [-0.39, 0.29) is 17.9 Å². The van der Waals surface area contributed by atoms with E-state index >= 15 is 0 Å². The van der Waals surface area contributed by atoms with Crippen LogP contribution in [0, 0.1) is 5.92 Å². The topological polar surface area (TPSA) is 84.2 Å². The van der Waals surface area contributed by atoms with E-state index in [9.17, 15) is 9.59 Å². The summed E-state index contributed by atoms with van der Waals surface area (Å²) in [5, 5.41) is 5.19. The van der Waals surface area contributed by atoms with Gasteiger partial charge >= 0.3 is 6.03 Å². The molecule has 0 bridgehead atoms. The van der Waals surface area contributed by atoms with Crippen LogP contribution in [0.2, 0.25) is 0 Å². The minimum absolute atomic E-state index is 0.127. The maximum absolute atomic E-state index is 11.2. The second kappa shape index (κ2) is 3.53. The number of imide groups is 1. The molecule has 5 heteroatoms. The van der Waals surface area contributed by atoms with E-state index in [4.69, 9.17) is 5.73 Å². The first-order valence-electron chi connectivity index (χ1n) is 3.95. The highest BCUT2D eigenvalue weighted by molar-refractivity contribution is 5.95. The number of urea groups is 1. The normalized spacial score (nSPS) is 28.4. The second-order valence-electron chi connectivity index (χ2n) is 2.99. The lowest BCUT2D eigenvalue weighted by Crippen LogP contribution is -2.42. The molecule has 0 spiro atoms. The van der Waals surface area contributed by atoms with Crippen molar-refractivity contribution in [1.29, 1.82) is 0 Å². The van der Waals surface area contributed by atoms with Crippen LogP contribution in [0.25, 0.3) is 0 Å². The lowest BCUT2D eigenvalue weighted by Gasteiger charge is -2.12. The van der Waals surface area contributed by atoms with Gasteiger partial charge in [-0.25, -0.2) is 4.79 Å². The lowest BCUT2D eigenvalue weighted by molar-refractivity contribution is -0.123. The van der Waals surface area contributed by atoms with Gasteiger partial charge in [0.25, 0.3) is 0 Å². The van der Waals surface area contributed by atoms with Gasteiger partial charge < -0.3 is 11.1 Å². The first-order valence-corrected chi connectivity index (χ1v) is 3.95. The third-order valence-electron chi connectivity index (χ3n) is 2.11. The molecule has 5 nitrogen and oxygen atoms in total. The largest absolute Gasteiger partial charge is 0.351 e. The summed E-state index contributed by atoms with van der Waals surface area (Å²) in [5.41, 5.74) is 4.82. The highest BCUT2D eigenvalue weighted by atomic mass is 16.2. The Morgan fingerprint density at radius 2 is 2.25 bits per heavy atom. The summed E-state index contributed by atoms with van der Waals surface area (Å²) < 4.78 is 0. The van der Waals surface area contributed by atoms with Crippen molar-refractivity contribution in [3.05, 3.63) is 0 Å². The van der Waals surface area contributed by atoms with Crippen molar-refractivity contribution >= 4 is 11.9 Å². The molecule has 3 amide bonds. The highest BCUT2D eigenvalue weighted by Gasteiger charge is 2.29. The Morgan fingerprint density at radius 1 is 1.58 bits per heavy atom. The van der Waals surface area contributed by atoms with Crippen LogP contribution in [0.5, 0.6) is 0 Å². The molecule has 1 aliphatic rings. The summed E-state index contributed by atoms with van der Waals surface area (Å²) in [7, 11) is 0. The van der Waals surface area contributed by atoms with Gasteiger partial charge in [-0.05, 0) is 19.9 Å². The van der Waals surface area contributed by atoms with E-state index in [0.717, 1.165) is 13.0 Å². The molecule has 0 aliphatic carbocycles. The van der Waals surface area contributed by atoms with Crippen molar-refractivity contribution < 1.29 is 9.59 Å². The molecule has 68 valence electrons. The van der Waals surface area contributed by atoms with E-state index in [1.807, 2.05) is 6.92 Å². The fraction of sp³-hybridized carbons (Fsp3) is 0.714. The molecular weight excluding hydrogens is 158 g/mol. The van der Waals surface area contributed by atoms with Crippen LogP contribution < -0.4 is 16.4 Å². The van der Waals surface area contributed by atoms with Crippen molar-refractivity contribution in [2.75, 3.05) is 6.54 Å². The van der Waals surface area contributed by atoms with Crippen LogP contribution in [-0.2, 0) is 4.79 Å². The van der Waals surface area contributed by atoms with Crippen LogP contribution in [0.15, 0.2) is 0 Å². The molecule has 2 atom stereocenters. The van der Waals surface area contributed by atoms with Crippen molar-refractivity contribution in [2.24, 2.45) is 11.7 Å². The minimum atomic E-state index is -0.779. The number of hydrogen-bond acceptors (Lipinski definition) is 3. The molecule has 12 heavy (non-hydrogen) atoms. The molecule has 0 aromatic rings. The summed E-state index contributed by atoms with van der Waals surface area (Å²) >= 11 is 0. The number of rotatable bonds is 1. The number of hydrogen-bond donors (Lipinski definition) is 3. The molecule has 1 fully saturated rings. The van der Waals surface area contributed by atoms with Gasteiger partial charge in [0.05, 0.1) is 5.92 Å². The Balaban J connectivity index is 2.46. The van der Waals surface area contributed by atoms with E-state index in [2.05, 4.69) is 10.6 Å². The first-order chi connectivity index (χ1) is 5.61. The number of amides is 3. The van der Waals surface area contributed by atoms with Crippen molar-refractivity contribution in [3.8, 4) is 0 Å². The quantitative estimate of drug-likeness (QED) is 0.482. The summed E-state index contributed by atoms with van der Waals surface area (Å²) in [6.45, 7) is 2.73. The first kappa shape index (κ1) is 8.99. The Morgan fingerprint density at radius 3 is 2.67 bits per heavy atom. The van der Waals surface area contributed by atoms with Crippen LogP contribution >= 0.6 is 0 Å². The summed E-state index contributed by atoms with van der Waals surface area (Å²) in [6, 6.07) is -0.650. The van der Waals surface area contributed by atoms with E-state index in [1.165, 1.54) is 0 Å². The monoisotopic (exact) mass is 171 g/mol. The predicted molar refractivity (Wildman–Crippen MR) is 43.3 cm³/mol. The third kappa shape index (κ3) is 1.94. The molecule has 1 rings (SSSR count). The molecule has 0 aromatic heterocycles. The average molecular weight is 171 g/mol. The SMILES string of the molecule is CC1NCCC1C(=O)NC(N)=O. The van der Waals surface area contributed by atoms with Crippen molar-refractivity contribution in [1.82, 2.24) is 10.6 Å². The molecule has 2 unspecified atom stereocenters. The standard InChI is InChI=1S/C7H13N3O2/c1-4-5(2-3-9-4)6(11)10-7(8)12/h4-5,9H,2-3H2,1H3,(H3,8,10,11,12). The number of carbonyl (C=O) groups is 2. The number of carbonyl (C=O) groups excluding carboxylic acids is 2. The van der Waals surface area contributed by atoms with Crippen LogP contribution in [0.1, 0.15) is 13.3 Å². The Labute approximate surface area is 70.7 Å². The van der Waals surface area contributed by atoms with E-state index in [1.54, 1.807) is 0 Å². The molecule has 1 aliphatic heterocycles. The third-order valence-corrected chi connectivity index (χ3v) is 2.11. The molecular formula is C7H13N3O2. The van der Waals surface area contributed by atoms with Crippen molar-refractivity contribution in [2.45, 2.75) is 19.4 Å². The van der Waals surface area contributed by atoms with Crippen LogP contribution in [0.4, 0.5) is 4.79 Å². The molecule has 0 radical (unpaired) electrons. The van der Waals surface area contributed by atoms with E-state index < -0.39 is 6.03 Å². The van der Waals surface area contributed by atoms with Crippen LogP contribution in [-0.4, -0.2) is 24.5 Å². The zero-order valence-electron chi connectivity index (χ0n) is 6.96. The summed E-state index contributed by atoms with van der Waals surface area (Å²) in [6.07, 6.45) is 0.764. The Bertz CT molecular complexity index is 205. The Hall–Kier alpha value is -1.10. The molecule has 0 aromatic carbocycles. The molecule has 0 saturated carbocycles. The van der Waals surface area contributed by atoms with Gasteiger partial charge in [0.2, 0.25) is 5.91 Å². The zero-order chi connectivity index (χ0) is 9.14. The zero-order valence-corrected chi connectivity index (χ0v) is 6.96. The minimum Gasteiger partial charge on any atom is -0.351 e. The average Bonchev–Trinajstić information content (AvgIpc) is 2.33. The maximum atomic E-state index is 11.2. The fourth-order valence-corrected chi connectivity index (χ4v) is 1.43. The van der Waals surface area contributed by atoms with Gasteiger partial charge in [0.1, 0.15) is 0 Å². The number of nitrogens with two attached hydrogens (primary N) is 1. The molecule has 1 saturated heterocycles. The summed E-state index contributed by atoms with van der Waals surface area (Å²) in [4.78, 5) is 21.6. The molecule has 1 heterocycles. The Kier molecular flexibility index (Phi) is 2.65. The van der Waals surface area contributed by atoms with Crippen LogP contribution in [0.3, 0.4) is 0 Å². The second-order valence-corrected chi connectivity index (χ2v) is 2.99. The number of nitrogens with one attached hydrogen (secondary N) is 2. The maximum Gasteiger partial charge on any atom is 0.318 e. The van der Waals surface area contributed by atoms with Gasteiger partial charge in [-0.2, -0.15) is 0 Å². The van der Waals surface area contributed by atoms with E-state index in [0.29, 0.717) is 0 Å². The number of primary amides is 1.